The molecule has 4 heteroatoms. The van der Waals surface area contributed by atoms with Crippen LogP contribution in [0.5, 0.6) is 5.75 Å². The van der Waals surface area contributed by atoms with Crippen LogP contribution in [0.15, 0.2) is 48.5 Å². The van der Waals surface area contributed by atoms with Gasteiger partial charge in [0, 0.05) is 6.42 Å². The molecule has 2 rings (SSSR count). The molecule has 0 saturated heterocycles. The van der Waals surface area contributed by atoms with Crippen LogP contribution in [0.25, 0.3) is 11.1 Å². The molecular weight excluding hydrogens is 290 g/mol. The number of benzene rings is 2. The standard InChI is InChI=1S/C19H23NO3/c1-23-18-13-11-17(12-14-18)16-9-7-15(8-10-16)5-3-2-4-6-19(21)20-22/h7-14,22H,2-6H2,1H3,(H,20,21). The van der Waals surface area contributed by atoms with Gasteiger partial charge in [0.25, 0.3) is 0 Å². The van der Waals surface area contributed by atoms with E-state index in [4.69, 9.17) is 9.94 Å². The first-order valence-corrected chi connectivity index (χ1v) is 7.89. The van der Waals surface area contributed by atoms with Crippen molar-refractivity contribution in [3.63, 3.8) is 0 Å². The zero-order valence-electron chi connectivity index (χ0n) is 13.4. The van der Waals surface area contributed by atoms with Crippen LogP contribution in [0.3, 0.4) is 0 Å². The SMILES string of the molecule is COc1ccc(-c2ccc(CCCCCC(=O)NO)cc2)cc1. The van der Waals surface area contributed by atoms with Crippen molar-refractivity contribution in [3.8, 4) is 16.9 Å². The number of hydroxylamine groups is 1. The summed E-state index contributed by atoms with van der Waals surface area (Å²) in [6, 6.07) is 16.6. The van der Waals surface area contributed by atoms with Gasteiger partial charge in [-0.1, -0.05) is 42.8 Å². The first kappa shape index (κ1) is 17.0. The quantitative estimate of drug-likeness (QED) is 0.440. The van der Waals surface area contributed by atoms with Crippen LogP contribution in [0.2, 0.25) is 0 Å². The number of rotatable bonds is 8. The molecule has 0 bridgehead atoms. The lowest BCUT2D eigenvalue weighted by molar-refractivity contribution is -0.129. The highest BCUT2D eigenvalue weighted by atomic mass is 16.5. The van der Waals surface area contributed by atoms with Crippen molar-refractivity contribution < 1.29 is 14.7 Å². The molecule has 0 atom stereocenters. The lowest BCUT2D eigenvalue weighted by Gasteiger charge is -2.06. The molecule has 2 aromatic carbocycles. The van der Waals surface area contributed by atoms with Crippen LogP contribution in [0, 0.1) is 0 Å². The maximum Gasteiger partial charge on any atom is 0.243 e. The van der Waals surface area contributed by atoms with E-state index >= 15 is 0 Å². The second-order valence-electron chi connectivity index (χ2n) is 5.52. The van der Waals surface area contributed by atoms with Crippen LogP contribution in [-0.4, -0.2) is 18.2 Å². The molecule has 0 unspecified atom stereocenters. The number of nitrogens with one attached hydrogen (secondary N) is 1. The van der Waals surface area contributed by atoms with Crippen LogP contribution >= 0.6 is 0 Å². The normalized spacial score (nSPS) is 10.3. The second-order valence-corrected chi connectivity index (χ2v) is 5.52. The third kappa shape index (κ3) is 5.42. The largest absolute Gasteiger partial charge is 0.497 e. The first-order valence-electron chi connectivity index (χ1n) is 7.89. The van der Waals surface area contributed by atoms with E-state index in [0.29, 0.717) is 6.42 Å². The Morgan fingerprint density at radius 1 is 0.957 bits per heavy atom. The summed E-state index contributed by atoms with van der Waals surface area (Å²) >= 11 is 0. The zero-order valence-corrected chi connectivity index (χ0v) is 13.4. The Hall–Kier alpha value is -2.33. The van der Waals surface area contributed by atoms with Gasteiger partial charge < -0.3 is 4.74 Å². The molecule has 0 aliphatic carbocycles. The summed E-state index contributed by atoms with van der Waals surface area (Å²) in [5.41, 5.74) is 5.32. The molecule has 122 valence electrons. The van der Waals surface area contributed by atoms with Gasteiger partial charge >= 0.3 is 0 Å². The third-order valence-electron chi connectivity index (χ3n) is 3.87. The fourth-order valence-corrected chi connectivity index (χ4v) is 2.49. The number of carbonyl (C=O) groups is 1. The molecule has 0 fully saturated rings. The summed E-state index contributed by atoms with van der Waals surface area (Å²) in [5, 5.41) is 8.41. The van der Waals surface area contributed by atoms with Gasteiger partial charge in [0.2, 0.25) is 5.91 Å². The minimum Gasteiger partial charge on any atom is -0.497 e. The molecule has 0 aliphatic rings. The van der Waals surface area contributed by atoms with E-state index in [1.165, 1.54) is 16.7 Å². The summed E-state index contributed by atoms with van der Waals surface area (Å²) in [7, 11) is 1.67. The zero-order chi connectivity index (χ0) is 16.5. The molecule has 2 aromatic rings. The van der Waals surface area contributed by atoms with E-state index in [2.05, 4.69) is 36.4 Å². The third-order valence-corrected chi connectivity index (χ3v) is 3.87. The lowest BCUT2D eigenvalue weighted by Crippen LogP contribution is -2.17. The van der Waals surface area contributed by atoms with E-state index in [1.807, 2.05) is 12.1 Å². The smallest absolute Gasteiger partial charge is 0.243 e. The number of carbonyl (C=O) groups excluding carboxylic acids is 1. The van der Waals surface area contributed by atoms with Crippen LogP contribution < -0.4 is 10.2 Å². The average molecular weight is 313 g/mol. The fraction of sp³-hybridized carbons (Fsp3) is 0.316. The van der Waals surface area contributed by atoms with Crippen molar-refractivity contribution in [1.29, 1.82) is 0 Å². The average Bonchev–Trinajstić information content (AvgIpc) is 2.62. The first-order chi connectivity index (χ1) is 11.2. The Morgan fingerprint density at radius 2 is 1.57 bits per heavy atom. The summed E-state index contributed by atoms with van der Waals surface area (Å²) in [6.45, 7) is 0. The van der Waals surface area contributed by atoms with Crippen molar-refractivity contribution in [1.82, 2.24) is 5.48 Å². The fourth-order valence-electron chi connectivity index (χ4n) is 2.49. The van der Waals surface area contributed by atoms with Gasteiger partial charge in [0.15, 0.2) is 0 Å². The Kier molecular flexibility index (Phi) is 6.63. The van der Waals surface area contributed by atoms with Gasteiger partial charge in [-0.3, -0.25) is 10.0 Å². The number of amides is 1. The number of hydrogen-bond donors (Lipinski definition) is 2. The lowest BCUT2D eigenvalue weighted by atomic mass is 10.0. The Bertz CT molecular complexity index is 606. The molecule has 0 saturated carbocycles. The highest BCUT2D eigenvalue weighted by Gasteiger charge is 2.01. The molecule has 23 heavy (non-hydrogen) atoms. The van der Waals surface area contributed by atoms with Gasteiger partial charge in [-0.15, -0.1) is 0 Å². The molecule has 1 amide bonds. The van der Waals surface area contributed by atoms with Crippen molar-refractivity contribution >= 4 is 5.91 Å². The number of aryl methyl sites for hydroxylation is 1. The highest BCUT2D eigenvalue weighted by molar-refractivity contribution is 5.74. The van der Waals surface area contributed by atoms with E-state index in [0.717, 1.165) is 31.4 Å². The highest BCUT2D eigenvalue weighted by Crippen LogP contribution is 2.23. The van der Waals surface area contributed by atoms with Crippen LogP contribution in [0.1, 0.15) is 31.2 Å². The predicted octanol–water partition coefficient (Wildman–Crippen LogP) is 3.97. The van der Waals surface area contributed by atoms with E-state index in [1.54, 1.807) is 12.6 Å². The van der Waals surface area contributed by atoms with E-state index in [9.17, 15) is 4.79 Å². The van der Waals surface area contributed by atoms with Crippen molar-refractivity contribution in [2.45, 2.75) is 32.1 Å². The van der Waals surface area contributed by atoms with Crippen molar-refractivity contribution in [3.05, 3.63) is 54.1 Å². The van der Waals surface area contributed by atoms with Gasteiger partial charge in [-0.25, -0.2) is 5.48 Å². The molecule has 0 radical (unpaired) electrons. The molecule has 0 heterocycles. The number of hydrogen-bond acceptors (Lipinski definition) is 3. The Labute approximate surface area is 137 Å². The molecule has 2 N–H and O–H groups in total. The number of ether oxygens (including phenoxy) is 1. The maximum absolute atomic E-state index is 10.9. The number of unbranched alkanes of at least 4 members (excludes halogenated alkanes) is 2. The minimum atomic E-state index is -0.311. The monoisotopic (exact) mass is 313 g/mol. The van der Waals surface area contributed by atoms with Gasteiger partial charge in [0.1, 0.15) is 5.75 Å². The molecule has 4 nitrogen and oxygen atoms in total. The van der Waals surface area contributed by atoms with Crippen molar-refractivity contribution in [2.75, 3.05) is 7.11 Å². The van der Waals surface area contributed by atoms with Gasteiger partial charge in [0.05, 0.1) is 7.11 Å². The minimum absolute atomic E-state index is 0.311. The molecule has 0 aliphatic heterocycles. The predicted molar refractivity (Wildman–Crippen MR) is 90.5 cm³/mol. The summed E-state index contributed by atoms with van der Waals surface area (Å²) in [6.07, 6.45) is 4.21. The molecule has 0 aromatic heterocycles. The maximum atomic E-state index is 10.9. The summed E-state index contributed by atoms with van der Waals surface area (Å²) in [4.78, 5) is 10.9. The van der Waals surface area contributed by atoms with Crippen molar-refractivity contribution in [2.24, 2.45) is 0 Å². The molecule has 0 spiro atoms. The van der Waals surface area contributed by atoms with Crippen LogP contribution in [0.4, 0.5) is 0 Å². The molecular formula is C19H23NO3. The van der Waals surface area contributed by atoms with E-state index < -0.39 is 0 Å². The number of methoxy groups -OCH3 is 1. The Morgan fingerprint density at radius 3 is 2.13 bits per heavy atom. The van der Waals surface area contributed by atoms with Gasteiger partial charge in [-0.2, -0.15) is 0 Å². The van der Waals surface area contributed by atoms with Crippen LogP contribution in [-0.2, 0) is 11.2 Å². The summed E-state index contributed by atoms with van der Waals surface area (Å²) < 4.78 is 5.17. The summed E-state index contributed by atoms with van der Waals surface area (Å²) in [5.74, 6) is 0.550. The second kappa shape index (κ2) is 8.96. The Balaban J connectivity index is 1.81. The van der Waals surface area contributed by atoms with Gasteiger partial charge in [-0.05, 0) is 48.1 Å². The topological polar surface area (TPSA) is 58.6 Å². The van der Waals surface area contributed by atoms with E-state index in [-0.39, 0.29) is 5.91 Å².